The largest absolute Gasteiger partial charge is 0.497 e. The van der Waals surface area contributed by atoms with E-state index in [2.05, 4.69) is 16.4 Å². The molecule has 0 aliphatic rings. The van der Waals surface area contributed by atoms with Crippen LogP contribution in [0.5, 0.6) is 11.5 Å². The highest BCUT2D eigenvalue weighted by Gasteiger charge is 2.10. The molecule has 0 fully saturated rings. The van der Waals surface area contributed by atoms with Crippen molar-refractivity contribution in [2.75, 3.05) is 20.8 Å². The minimum atomic E-state index is -0.110. The van der Waals surface area contributed by atoms with E-state index in [-0.39, 0.29) is 5.91 Å². The molecule has 3 aromatic rings. The molecule has 0 saturated heterocycles. The number of amides is 1. The predicted molar refractivity (Wildman–Crippen MR) is 132 cm³/mol. The van der Waals surface area contributed by atoms with Gasteiger partial charge in [0.25, 0.3) is 0 Å². The van der Waals surface area contributed by atoms with Gasteiger partial charge in [0.05, 0.1) is 14.2 Å². The van der Waals surface area contributed by atoms with Crippen molar-refractivity contribution in [2.45, 2.75) is 19.3 Å². The topological polar surface area (TPSA) is 60.5 Å². The number of ether oxygens (including phenoxy) is 2. The van der Waals surface area contributed by atoms with Gasteiger partial charge in [0, 0.05) is 30.6 Å². The fraction of sp³-hybridized carbons (Fsp3) is 0.214. The number of nitrogens with one attached hydrogen (secondary N) is 1. The fourth-order valence-electron chi connectivity index (χ4n) is 3.48. The van der Waals surface area contributed by atoms with Crippen LogP contribution in [0.4, 0.5) is 0 Å². The van der Waals surface area contributed by atoms with E-state index in [4.69, 9.17) is 9.47 Å². The Morgan fingerprint density at radius 2 is 1.79 bits per heavy atom. The predicted octanol–water partition coefficient (Wildman–Crippen LogP) is 5.23. The summed E-state index contributed by atoms with van der Waals surface area (Å²) >= 11 is 0. The molecule has 33 heavy (non-hydrogen) atoms. The first-order chi connectivity index (χ1) is 16.2. The van der Waals surface area contributed by atoms with Gasteiger partial charge < -0.3 is 14.8 Å². The van der Waals surface area contributed by atoms with Crippen LogP contribution >= 0.6 is 0 Å². The summed E-state index contributed by atoms with van der Waals surface area (Å²) in [6, 6.07) is 19.7. The lowest BCUT2D eigenvalue weighted by Crippen LogP contribution is -2.22. The summed E-state index contributed by atoms with van der Waals surface area (Å²) in [5.41, 5.74) is 4.12. The minimum absolute atomic E-state index is 0.110. The number of aromatic nitrogens is 1. The summed E-state index contributed by atoms with van der Waals surface area (Å²) in [5, 5.41) is 2.95. The molecule has 3 rings (SSSR count). The summed E-state index contributed by atoms with van der Waals surface area (Å²) < 4.78 is 10.8. The van der Waals surface area contributed by atoms with Crippen molar-refractivity contribution in [3.63, 3.8) is 0 Å². The first-order valence-corrected chi connectivity index (χ1v) is 11.0. The van der Waals surface area contributed by atoms with Gasteiger partial charge in [-0.3, -0.25) is 9.78 Å². The Balaban J connectivity index is 1.63. The van der Waals surface area contributed by atoms with Crippen molar-refractivity contribution in [3.8, 4) is 11.5 Å². The number of carbonyl (C=O) groups excluding carboxylic acids is 1. The number of carbonyl (C=O) groups is 1. The van der Waals surface area contributed by atoms with Gasteiger partial charge in [0.15, 0.2) is 0 Å². The molecule has 0 spiro atoms. The van der Waals surface area contributed by atoms with Crippen LogP contribution in [-0.4, -0.2) is 31.7 Å². The number of benzene rings is 2. The summed E-state index contributed by atoms with van der Waals surface area (Å²) in [6.45, 7) is 0.644. The third kappa shape index (κ3) is 7.35. The molecule has 1 aromatic heterocycles. The maximum Gasteiger partial charge on any atom is 0.243 e. The summed E-state index contributed by atoms with van der Waals surface area (Å²) in [6.07, 6.45) is 11.8. The molecular formula is C28H30N2O3. The van der Waals surface area contributed by atoms with Crippen LogP contribution in [0.1, 0.15) is 29.5 Å². The lowest BCUT2D eigenvalue weighted by molar-refractivity contribution is -0.116. The van der Waals surface area contributed by atoms with Crippen molar-refractivity contribution in [1.82, 2.24) is 10.3 Å². The number of rotatable bonds is 11. The van der Waals surface area contributed by atoms with Gasteiger partial charge in [-0.25, -0.2) is 0 Å². The van der Waals surface area contributed by atoms with Gasteiger partial charge in [-0.05, 0) is 60.2 Å². The third-order valence-electron chi connectivity index (χ3n) is 5.22. The Kier molecular flexibility index (Phi) is 9.28. The number of para-hydroxylation sites is 1. The van der Waals surface area contributed by atoms with Crippen LogP contribution in [0.15, 0.2) is 91.3 Å². The molecule has 0 aliphatic carbocycles. The molecule has 0 saturated carbocycles. The zero-order valence-electron chi connectivity index (χ0n) is 19.2. The van der Waals surface area contributed by atoms with E-state index in [0.717, 1.165) is 47.5 Å². The molecule has 0 atom stereocenters. The molecule has 0 bridgehead atoms. The van der Waals surface area contributed by atoms with Gasteiger partial charge >= 0.3 is 0 Å². The van der Waals surface area contributed by atoms with Crippen LogP contribution < -0.4 is 14.8 Å². The molecule has 1 amide bonds. The van der Waals surface area contributed by atoms with Crippen LogP contribution in [0.2, 0.25) is 0 Å². The normalized spacial score (nSPS) is 11.4. The monoisotopic (exact) mass is 442 g/mol. The Morgan fingerprint density at radius 1 is 0.970 bits per heavy atom. The highest BCUT2D eigenvalue weighted by atomic mass is 16.5. The van der Waals surface area contributed by atoms with Gasteiger partial charge in [0.1, 0.15) is 11.5 Å². The van der Waals surface area contributed by atoms with E-state index in [9.17, 15) is 4.79 Å². The van der Waals surface area contributed by atoms with E-state index in [1.54, 1.807) is 32.6 Å². The number of aryl methyl sites for hydroxylation is 1. The summed E-state index contributed by atoms with van der Waals surface area (Å²) in [7, 11) is 3.30. The Bertz CT molecular complexity index is 1070. The second kappa shape index (κ2) is 12.9. The first kappa shape index (κ1) is 23.8. The molecule has 0 unspecified atom stereocenters. The molecule has 0 radical (unpaired) electrons. The Hall–Kier alpha value is -3.86. The third-order valence-corrected chi connectivity index (χ3v) is 5.22. The Labute approximate surface area is 195 Å². The second-order valence-electron chi connectivity index (χ2n) is 7.48. The SMILES string of the molecule is COc1ccc(/C(=C\C=C\C(=O)NCCCCc2cccnc2)c2ccccc2OC)cc1. The number of methoxy groups -OCH3 is 2. The standard InChI is InChI=1S/C28H30N2O3/c1-32-24-17-15-23(16-18-24)25(26-11-3-4-13-27(26)33-2)12-7-14-28(31)30-20-6-5-9-22-10-8-19-29-21-22/h3-4,7-8,10-19,21H,5-6,9,20H2,1-2H3,(H,30,31)/b14-7+,25-12+. The quantitative estimate of drug-likeness (QED) is 0.251. The lowest BCUT2D eigenvalue weighted by Gasteiger charge is -2.13. The van der Waals surface area contributed by atoms with E-state index in [0.29, 0.717) is 6.54 Å². The zero-order chi connectivity index (χ0) is 23.3. The molecule has 5 heteroatoms. The second-order valence-corrected chi connectivity index (χ2v) is 7.48. The van der Waals surface area contributed by atoms with E-state index >= 15 is 0 Å². The molecule has 2 aromatic carbocycles. The summed E-state index contributed by atoms with van der Waals surface area (Å²) in [5.74, 6) is 1.45. The number of allylic oxidation sites excluding steroid dienone is 2. The number of pyridine rings is 1. The first-order valence-electron chi connectivity index (χ1n) is 11.0. The van der Waals surface area contributed by atoms with Gasteiger partial charge in [0.2, 0.25) is 5.91 Å². The van der Waals surface area contributed by atoms with E-state index in [1.807, 2.05) is 66.9 Å². The average molecular weight is 443 g/mol. The van der Waals surface area contributed by atoms with Crippen molar-refractivity contribution in [1.29, 1.82) is 0 Å². The van der Waals surface area contributed by atoms with Gasteiger partial charge in [-0.1, -0.05) is 48.6 Å². The lowest BCUT2D eigenvalue weighted by atomic mass is 9.96. The number of hydrogen-bond acceptors (Lipinski definition) is 4. The number of hydrogen-bond donors (Lipinski definition) is 1. The van der Waals surface area contributed by atoms with Gasteiger partial charge in [-0.2, -0.15) is 0 Å². The zero-order valence-corrected chi connectivity index (χ0v) is 19.2. The van der Waals surface area contributed by atoms with E-state index in [1.165, 1.54) is 5.56 Å². The van der Waals surface area contributed by atoms with Crippen LogP contribution in [0.3, 0.4) is 0 Å². The molecule has 5 nitrogen and oxygen atoms in total. The van der Waals surface area contributed by atoms with Crippen LogP contribution in [0.25, 0.3) is 5.57 Å². The molecule has 170 valence electrons. The van der Waals surface area contributed by atoms with Crippen molar-refractivity contribution < 1.29 is 14.3 Å². The Morgan fingerprint density at radius 3 is 2.52 bits per heavy atom. The smallest absolute Gasteiger partial charge is 0.243 e. The van der Waals surface area contributed by atoms with Crippen LogP contribution in [0, 0.1) is 0 Å². The minimum Gasteiger partial charge on any atom is -0.497 e. The van der Waals surface area contributed by atoms with Crippen LogP contribution in [-0.2, 0) is 11.2 Å². The van der Waals surface area contributed by atoms with Crippen molar-refractivity contribution >= 4 is 11.5 Å². The van der Waals surface area contributed by atoms with E-state index < -0.39 is 0 Å². The maximum absolute atomic E-state index is 12.3. The number of nitrogens with zero attached hydrogens (tertiary/aromatic N) is 1. The summed E-state index contributed by atoms with van der Waals surface area (Å²) in [4.78, 5) is 16.4. The average Bonchev–Trinajstić information content (AvgIpc) is 2.87. The number of unbranched alkanes of at least 4 members (excludes halogenated alkanes) is 1. The molecule has 1 heterocycles. The highest BCUT2D eigenvalue weighted by Crippen LogP contribution is 2.31. The highest BCUT2D eigenvalue weighted by molar-refractivity contribution is 5.89. The molecule has 0 aliphatic heterocycles. The maximum atomic E-state index is 12.3. The van der Waals surface area contributed by atoms with Crippen molar-refractivity contribution in [3.05, 3.63) is 108 Å². The van der Waals surface area contributed by atoms with Crippen molar-refractivity contribution in [2.24, 2.45) is 0 Å². The fourth-order valence-corrected chi connectivity index (χ4v) is 3.48. The molecule has 1 N–H and O–H groups in total. The molecular weight excluding hydrogens is 412 g/mol. The van der Waals surface area contributed by atoms with Gasteiger partial charge in [-0.15, -0.1) is 0 Å².